The van der Waals surface area contributed by atoms with Gasteiger partial charge in [-0.1, -0.05) is 26.7 Å². The van der Waals surface area contributed by atoms with Gasteiger partial charge in [-0.05, 0) is 37.0 Å². The molecule has 3 atom stereocenters. The standard InChI is InChI=1S/C15H28N2O2/c1-15(2,7-8-18)10-16-14(19)13-9-11-5-3-4-6-12(11)17-13/h11-13,17-18H,3-10H2,1-2H3,(H,16,19). The minimum absolute atomic E-state index is 0.00183. The van der Waals surface area contributed by atoms with Crippen LogP contribution in [0.4, 0.5) is 0 Å². The summed E-state index contributed by atoms with van der Waals surface area (Å²) in [4.78, 5) is 12.2. The van der Waals surface area contributed by atoms with Crippen molar-refractivity contribution in [1.29, 1.82) is 0 Å². The molecule has 1 aliphatic carbocycles. The van der Waals surface area contributed by atoms with Crippen LogP contribution in [-0.4, -0.2) is 36.2 Å². The highest BCUT2D eigenvalue weighted by atomic mass is 16.3. The monoisotopic (exact) mass is 268 g/mol. The molecule has 0 bridgehead atoms. The van der Waals surface area contributed by atoms with E-state index in [1.807, 2.05) is 0 Å². The number of aliphatic hydroxyl groups is 1. The number of carbonyl (C=O) groups excluding carboxylic acids is 1. The maximum absolute atomic E-state index is 12.2. The van der Waals surface area contributed by atoms with Crippen LogP contribution >= 0.6 is 0 Å². The molecule has 0 aromatic carbocycles. The van der Waals surface area contributed by atoms with E-state index in [2.05, 4.69) is 24.5 Å². The first-order chi connectivity index (χ1) is 9.02. The molecule has 2 fully saturated rings. The summed E-state index contributed by atoms with van der Waals surface area (Å²) in [6, 6.07) is 0.563. The molecule has 4 nitrogen and oxygen atoms in total. The molecule has 0 radical (unpaired) electrons. The van der Waals surface area contributed by atoms with Crippen LogP contribution in [-0.2, 0) is 4.79 Å². The van der Waals surface area contributed by atoms with Crippen molar-refractivity contribution in [2.24, 2.45) is 11.3 Å². The van der Waals surface area contributed by atoms with Gasteiger partial charge in [-0.25, -0.2) is 0 Å². The van der Waals surface area contributed by atoms with Gasteiger partial charge in [0, 0.05) is 19.2 Å². The Morgan fingerprint density at radius 3 is 2.79 bits per heavy atom. The number of hydrogen-bond acceptors (Lipinski definition) is 3. The Morgan fingerprint density at radius 2 is 2.11 bits per heavy atom. The Labute approximate surface area is 116 Å². The number of carbonyl (C=O) groups is 1. The van der Waals surface area contributed by atoms with Crippen molar-refractivity contribution in [1.82, 2.24) is 10.6 Å². The zero-order chi connectivity index (χ0) is 13.9. The molecule has 1 heterocycles. The highest BCUT2D eigenvalue weighted by molar-refractivity contribution is 5.82. The van der Waals surface area contributed by atoms with Crippen LogP contribution in [0.5, 0.6) is 0 Å². The van der Waals surface area contributed by atoms with Crippen molar-refractivity contribution in [2.45, 2.75) is 64.5 Å². The molecular weight excluding hydrogens is 240 g/mol. The maximum atomic E-state index is 12.2. The van der Waals surface area contributed by atoms with Crippen molar-refractivity contribution in [3.63, 3.8) is 0 Å². The Bertz CT molecular complexity index is 303. The zero-order valence-corrected chi connectivity index (χ0v) is 12.2. The number of fused-ring (bicyclic) bond motifs is 1. The topological polar surface area (TPSA) is 61.4 Å². The molecule has 0 aromatic heterocycles. The molecule has 1 saturated heterocycles. The van der Waals surface area contributed by atoms with Crippen molar-refractivity contribution in [2.75, 3.05) is 13.2 Å². The van der Waals surface area contributed by atoms with Gasteiger partial charge in [0.2, 0.25) is 5.91 Å². The van der Waals surface area contributed by atoms with Crippen LogP contribution in [0.3, 0.4) is 0 Å². The quantitative estimate of drug-likeness (QED) is 0.707. The SMILES string of the molecule is CC(C)(CCO)CNC(=O)C1CC2CCCCC2N1. The first kappa shape index (κ1) is 14.8. The molecule has 2 aliphatic rings. The smallest absolute Gasteiger partial charge is 0.237 e. The van der Waals surface area contributed by atoms with E-state index in [0.717, 1.165) is 12.8 Å². The molecule has 3 unspecified atom stereocenters. The summed E-state index contributed by atoms with van der Waals surface area (Å²) in [5.74, 6) is 0.843. The van der Waals surface area contributed by atoms with E-state index < -0.39 is 0 Å². The van der Waals surface area contributed by atoms with Crippen LogP contribution in [0.1, 0.15) is 52.4 Å². The van der Waals surface area contributed by atoms with Gasteiger partial charge < -0.3 is 15.7 Å². The largest absolute Gasteiger partial charge is 0.396 e. The van der Waals surface area contributed by atoms with Crippen molar-refractivity contribution in [3.8, 4) is 0 Å². The van der Waals surface area contributed by atoms with Crippen LogP contribution in [0, 0.1) is 11.3 Å². The summed E-state index contributed by atoms with van der Waals surface area (Å²) >= 11 is 0. The highest BCUT2D eigenvalue weighted by Gasteiger charge is 2.38. The maximum Gasteiger partial charge on any atom is 0.237 e. The molecule has 2 rings (SSSR count). The van der Waals surface area contributed by atoms with E-state index >= 15 is 0 Å². The average Bonchev–Trinajstić information content (AvgIpc) is 2.79. The minimum Gasteiger partial charge on any atom is -0.396 e. The van der Waals surface area contributed by atoms with Crippen molar-refractivity contribution in [3.05, 3.63) is 0 Å². The Balaban J connectivity index is 1.78. The fourth-order valence-electron chi connectivity index (χ4n) is 3.36. The van der Waals surface area contributed by atoms with E-state index in [9.17, 15) is 4.79 Å². The predicted molar refractivity (Wildman–Crippen MR) is 75.8 cm³/mol. The molecule has 3 N–H and O–H groups in total. The zero-order valence-electron chi connectivity index (χ0n) is 12.2. The molecule has 110 valence electrons. The molecular formula is C15H28N2O2. The van der Waals surface area contributed by atoms with Crippen molar-refractivity contribution >= 4 is 5.91 Å². The summed E-state index contributed by atoms with van der Waals surface area (Å²) in [6.07, 6.45) is 6.84. The Morgan fingerprint density at radius 1 is 1.37 bits per heavy atom. The van der Waals surface area contributed by atoms with Gasteiger partial charge >= 0.3 is 0 Å². The first-order valence-corrected chi connectivity index (χ1v) is 7.66. The highest BCUT2D eigenvalue weighted by Crippen LogP contribution is 2.33. The third kappa shape index (κ3) is 3.93. The Kier molecular flexibility index (Phi) is 4.85. The average molecular weight is 268 g/mol. The second-order valence-corrected chi connectivity index (χ2v) is 6.96. The van der Waals surface area contributed by atoms with Crippen LogP contribution < -0.4 is 10.6 Å². The lowest BCUT2D eigenvalue weighted by molar-refractivity contribution is -0.123. The summed E-state index contributed by atoms with van der Waals surface area (Å²) in [7, 11) is 0. The molecule has 1 saturated carbocycles. The fraction of sp³-hybridized carbons (Fsp3) is 0.933. The lowest BCUT2D eigenvalue weighted by Gasteiger charge is -2.25. The van der Waals surface area contributed by atoms with E-state index in [0.29, 0.717) is 18.5 Å². The van der Waals surface area contributed by atoms with E-state index in [1.54, 1.807) is 0 Å². The molecule has 1 aliphatic heterocycles. The number of aliphatic hydroxyl groups excluding tert-OH is 1. The Hall–Kier alpha value is -0.610. The third-order valence-corrected chi connectivity index (χ3v) is 4.71. The first-order valence-electron chi connectivity index (χ1n) is 7.66. The fourth-order valence-corrected chi connectivity index (χ4v) is 3.36. The summed E-state index contributed by atoms with van der Waals surface area (Å²) < 4.78 is 0. The van der Waals surface area contributed by atoms with Gasteiger partial charge in [0.25, 0.3) is 0 Å². The van der Waals surface area contributed by atoms with E-state index in [4.69, 9.17) is 5.11 Å². The number of amides is 1. The van der Waals surface area contributed by atoms with Gasteiger partial charge in [-0.15, -0.1) is 0 Å². The number of nitrogens with one attached hydrogen (secondary N) is 2. The third-order valence-electron chi connectivity index (χ3n) is 4.71. The number of rotatable bonds is 5. The van der Waals surface area contributed by atoms with Gasteiger partial charge in [-0.3, -0.25) is 4.79 Å². The lowest BCUT2D eigenvalue weighted by atomic mass is 9.85. The molecule has 4 heteroatoms. The molecule has 0 spiro atoms. The van der Waals surface area contributed by atoms with Crippen LogP contribution in [0.2, 0.25) is 0 Å². The van der Waals surface area contributed by atoms with Gasteiger partial charge in [0.15, 0.2) is 0 Å². The van der Waals surface area contributed by atoms with Crippen LogP contribution in [0.15, 0.2) is 0 Å². The summed E-state index contributed by atoms with van der Waals surface area (Å²) in [5.41, 5.74) is -0.0320. The second kappa shape index (κ2) is 6.23. The summed E-state index contributed by atoms with van der Waals surface area (Å²) in [6.45, 7) is 4.96. The minimum atomic E-state index is -0.0320. The van der Waals surface area contributed by atoms with E-state index in [-0.39, 0.29) is 24.0 Å². The summed E-state index contributed by atoms with van der Waals surface area (Å²) in [5, 5.41) is 15.5. The molecule has 1 amide bonds. The van der Waals surface area contributed by atoms with Gasteiger partial charge in [0.1, 0.15) is 0 Å². The second-order valence-electron chi connectivity index (χ2n) is 6.96. The van der Waals surface area contributed by atoms with Crippen molar-refractivity contribution < 1.29 is 9.90 Å². The predicted octanol–water partition coefficient (Wildman–Crippen LogP) is 1.43. The van der Waals surface area contributed by atoms with Gasteiger partial charge in [0.05, 0.1) is 6.04 Å². The number of hydrogen-bond donors (Lipinski definition) is 3. The molecule has 19 heavy (non-hydrogen) atoms. The van der Waals surface area contributed by atoms with Crippen LogP contribution in [0.25, 0.3) is 0 Å². The normalized spacial score (nSPS) is 31.0. The molecule has 0 aromatic rings. The van der Waals surface area contributed by atoms with E-state index in [1.165, 1.54) is 25.7 Å². The van der Waals surface area contributed by atoms with Gasteiger partial charge in [-0.2, -0.15) is 0 Å². The lowest BCUT2D eigenvalue weighted by Crippen LogP contribution is -2.45.